The van der Waals surface area contributed by atoms with Crippen molar-refractivity contribution in [2.45, 2.75) is 0 Å². The smallest absolute Gasteiger partial charge is 0.259 e. The van der Waals surface area contributed by atoms with Crippen LogP contribution in [0.4, 0.5) is 4.39 Å². The van der Waals surface area contributed by atoms with E-state index in [9.17, 15) is 9.18 Å². The molecule has 2 rings (SSSR count). The Hall–Kier alpha value is -3.01. The summed E-state index contributed by atoms with van der Waals surface area (Å²) >= 11 is 0. The zero-order chi connectivity index (χ0) is 16.7. The lowest BCUT2D eigenvalue weighted by atomic mass is 10.3. The van der Waals surface area contributed by atoms with Crippen LogP contribution >= 0.6 is 0 Å². The molecule has 2 aromatic rings. The minimum absolute atomic E-state index is 0.0347. The fraction of sp³-hybridized carbons (Fsp3) is 0.250. The van der Waals surface area contributed by atoms with Crippen molar-refractivity contribution in [3.8, 4) is 23.5 Å². The summed E-state index contributed by atoms with van der Waals surface area (Å²) < 4.78 is 25.0. The summed E-state index contributed by atoms with van der Waals surface area (Å²) in [6, 6.07) is 6.08. The maximum absolute atomic E-state index is 13.3. The van der Waals surface area contributed by atoms with Gasteiger partial charge in [-0.25, -0.2) is 4.39 Å². The van der Waals surface area contributed by atoms with Crippen LogP contribution in [0.5, 0.6) is 11.6 Å². The van der Waals surface area contributed by atoms with Crippen molar-refractivity contribution >= 4 is 5.91 Å². The molecule has 0 saturated carbocycles. The van der Waals surface area contributed by atoms with Crippen LogP contribution in [-0.4, -0.2) is 35.9 Å². The maximum Gasteiger partial charge on any atom is 0.259 e. The first-order chi connectivity index (χ1) is 11.1. The minimum atomic E-state index is -0.439. The second kappa shape index (κ2) is 7.84. The number of rotatable bonds is 5. The van der Waals surface area contributed by atoms with Crippen LogP contribution in [0.15, 0.2) is 30.5 Å². The van der Waals surface area contributed by atoms with Gasteiger partial charge in [-0.2, -0.15) is 0 Å². The van der Waals surface area contributed by atoms with E-state index in [-0.39, 0.29) is 30.7 Å². The quantitative estimate of drug-likeness (QED) is 0.846. The van der Waals surface area contributed by atoms with Gasteiger partial charge in [-0.1, -0.05) is 24.0 Å². The van der Waals surface area contributed by atoms with Gasteiger partial charge in [-0.05, 0) is 12.1 Å². The van der Waals surface area contributed by atoms with E-state index < -0.39 is 5.82 Å². The van der Waals surface area contributed by atoms with Gasteiger partial charge in [0.25, 0.3) is 5.91 Å². The molecule has 0 aliphatic rings. The summed E-state index contributed by atoms with van der Waals surface area (Å²) in [6.07, 6.45) is 1.56. The normalized spacial score (nSPS) is 9.70. The second-order valence-corrected chi connectivity index (χ2v) is 4.48. The van der Waals surface area contributed by atoms with Gasteiger partial charge in [0.2, 0.25) is 5.88 Å². The third-order valence-corrected chi connectivity index (χ3v) is 2.83. The van der Waals surface area contributed by atoms with E-state index in [4.69, 9.17) is 9.47 Å². The molecule has 120 valence electrons. The first-order valence-corrected chi connectivity index (χ1v) is 6.80. The third-order valence-electron chi connectivity index (χ3n) is 2.83. The molecule has 0 saturated heterocycles. The number of nitrogens with zero attached hydrogens (tertiary/aromatic N) is 2. The Bertz CT molecular complexity index is 747. The van der Waals surface area contributed by atoms with Crippen molar-refractivity contribution < 1.29 is 18.7 Å². The number of hydrogen-bond donors (Lipinski definition) is 1. The lowest BCUT2D eigenvalue weighted by Gasteiger charge is -2.02. The molecule has 1 heterocycles. The summed E-state index contributed by atoms with van der Waals surface area (Å²) in [5, 5.41) is 6.61. The second-order valence-electron chi connectivity index (χ2n) is 4.48. The Balaban J connectivity index is 1.79. The average Bonchev–Trinajstić information content (AvgIpc) is 2.93. The highest BCUT2D eigenvalue weighted by molar-refractivity contribution is 5.96. The van der Waals surface area contributed by atoms with Gasteiger partial charge in [0.05, 0.1) is 13.7 Å². The van der Waals surface area contributed by atoms with Crippen LogP contribution in [0.1, 0.15) is 10.4 Å². The Labute approximate surface area is 133 Å². The largest absolute Gasteiger partial charge is 0.479 e. The van der Waals surface area contributed by atoms with Gasteiger partial charge < -0.3 is 14.8 Å². The van der Waals surface area contributed by atoms with E-state index in [1.807, 2.05) is 0 Å². The standard InChI is InChI=1S/C16H16FN3O3/c1-20-11-12(16(19-20)22-2)15(21)18-9-5-6-10-23-14-8-4-3-7-13(14)17/h3-4,7-8,11H,9-10H2,1-2H3,(H,18,21). The Morgan fingerprint density at radius 2 is 2.17 bits per heavy atom. The number of benzene rings is 1. The molecule has 0 fully saturated rings. The van der Waals surface area contributed by atoms with Crippen molar-refractivity contribution in [2.75, 3.05) is 20.3 Å². The van der Waals surface area contributed by atoms with Crippen molar-refractivity contribution in [2.24, 2.45) is 7.05 Å². The molecule has 7 heteroatoms. The molecule has 0 bridgehead atoms. The predicted octanol–water partition coefficient (Wildman–Crippen LogP) is 1.38. The van der Waals surface area contributed by atoms with Gasteiger partial charge in [-0.3, -0.25) is 9.48 Å². The molecule has 6 nitrogen and oxygen atoms in total. The zero-order valence-corrected chi connectivity index (χ0v) is 12.8. The molecule has 0 radical (unpaired) electrons. The van der Waals surface area contributed by atoms with Crippen LogP contribution in [0.3, 0.4) is 0 Å². The van der Waals surface area contributed by atoms with E-state index in [1.165, 1.54) is 23.9 Å². The summed E-state index contributed by atoms with van der Waals surface area (Å²) in [7, 11) is 3.14. The number of aromatic nitrogens is 2. The van der Waals surface area contributed by atoms with Crippen molar-refractivity contribution in [3.63, 3.8) is 0 Å². The number of halogens is 1. The number of carbonyl (C=O) groups excluding carboxylic acids is 1. The molecule has 1 N–H and O–H groups in total. The van der Waals surface area contributed by atoms with E-state index >= 15 is 0 Å². The highest BCUT2D eigenvalue weighted by atomic mass is 19.1. The highest BCUT2D eigenvalue weighted by Crippen LogP contribution is 2.15. The third kappa shape index (κ3) is 4.48. The first-order valence-electron chi connectivity index (χ1n) is 6.80. The Morgan fingerprint density at radius 1 is 1.39 bits per heavy atom. The van der Waals surface area contributed by atoms with Crippen LogP contribution < -0.4 is 14.8 Å². The monoisotopic (exact) mass is 317 g/mol. The molecule has 0 atom stereocenters. The van der Waals surface area contributed by atoms with Gasteiger partial charge in [0.15, 0.2) is 11.6 Å². The summed E-state index contributed by atoms with van der Waals surface area (Å²) in [4.78, 5) is 11.9. The van der Waals surface area contributed by atoms with Gasteiger partial charge >= 0.3 is 0 Å². The maximum atomic E-state index is 13.3. The molecule has 1 amide bonds. The van der Waals surface area contributed by atoms with Crippen molar-refractivity contribution in [3.05, 3.63) is 41.8 Å². The van der Waals surface area contributed by atoms with Crippen LogP contribution in [0.2, 0.25) is 0 Å². The number of para-hydroxylation sites is 1. The molecule has 23 heavy (non-hydrogen) atoms. The van der Waals surface area contributed by atoms with Crippen LogP contribution in [0.25, 0.3) is 0 Å². The van der Waals surface area contributed by atoms with Gasteiger partial charge in [0.1, 0.15) is 12.2 Å². The number of ether oxygens (including phenoxy) is 2. The molecule has 0 aliphatic carbocycles. The molecule has 1 aromatic carbocycles. The summed E-state index contributed by atoms with van der Waals surface area (Å²) in [5.41, 5.74) is 0.333. The molecule has 1 aromatic heterocycles. The lowest BCUT2D eigenvalue weighted by molar-refractivity contribution is 0.0955. The van der Waals surface area contributed by atoms with Crippen molar-refractivity contribution in [1.29, 1.82) is 0 Å². The van der Waals surface area contributed by atoms with E-state index in [0.29, 0.717) is 5.56 Å². The van der Waals surface area contributed by atoms with Crippen LogP contribution in [-0.2, 0) is 7.05 Å². The Kier molecular flexibility index (Phi) is 5.58. The SMILES string of the molecule is COc1nn(C)cc1C(=O)NCC#CCOc1ccccc1F. The summed E-state index contributed by atoms with van der Waals surface area (Å²) in [6.45, 7) is 0.171. The molecular formula is C16H16FN3O3. The lowest BCUT2D eigenvalue weighted by Crippen LogP contribution is -2.23. The fourth-order valence-electron chi connectivity index (χ4n) is 1.78. The number of aryl methyl sites for hydroxylation is 1. The Morgan fingerprint density at radius 3 is 2.91 bits per heavy atom. The fourth-order valence-corrected chi connectivity index (χ4v) is 1.78. The summed E-state index contributed by atoms with van der Waals surface area (Å²) in [5.74, 6) is 5.04. The average molecular weight is 317 g/mol. The van der Waals surface area contributed by atoms with Crippen molar-refractivity contribution in [1.82, 2.24) is 15.1 Å². The van der Waals surface area contributed by atoms with Crippen LogP contribution in [0, 0.1) is 17.7 Å². The molecule has 0 unspecified atom stereocenters. The number of carbonyl (C=O) groups is 1. The molecular weight excluding hydrogens is 301 g/mol. The van der Waals surface area contributed by atoms with Gasteiger partial charge in [0, 0.05) is 13.2 Å². The number of amides is 1. The van der Waals surface area contributed by atoms with E-state index in [1.54, 1.807) is 25.4 Å². The number of hydrogen-bond acceptors (Lipinski definition) is 4. The number of nitrogens with one attached hydrogen (secondary N) is 1. The first kappa shape index (κ1) is 16.4. The molecule has 0 aliphatic heterocycles. The zero-order valence-electron chi connectivity index (χ0n) is 12.8. The highest BCUT2D eigenvalue weighted by Gasteiger charge is 2.15. The number of methoxy groups -OCH3 is 1. The topological polar surface area (TPSA) is 65.4 Å². The minimum Gasteiger partial charge on any atom is -0.479 e. The van der Waals surface area contributed by atoms with E-state index in [0.717, 1.165) is 0 Å². The molecule has 0 spiro atoms. The van der Waals surface area contributed by atoms with Gasteiger partial charge in [-0.15, -0.1) is 5.10 Å². The predicted molar refractivity (Wildman–Crippen MR) is 81.8 cm³/mol. The van der Waals surface area contributed by atoms with E-state index in [2.05, 4.69) is 22.3 Å².